The van der Waals surface area contributed by atoms with E-state index in [2.05, 4.69) is 6.07 Å². The number of rotatable bonds is 6. The quantitative estimate of drug-likeness (QED) is 0.643. The molecule has 0 unspecified atom stereocenters. The van der Waals surface area contributed by atoms with Gasteiger partial charge >= 0.3 is 0 Å². The van der Waals surface area contributed by atoms with Crippen LogP contribution < -0.4 is 0 Å². The maximum absolute atomic E-state index is 12.8. The van der Waals surface area contributed by atoms with Gasteiger partial charge in [0.2, 0.25) is 21.8 Å². The predicted molar refractivity (Wildman–Crippen MR) is 124 cm³/mol. The van der Waals surface area contributed by atoms with Crippen molar-refractivity contribution >= 4 is 33.2 Å². The van der Waals surface area contributed by atoms with Crippen LogP contribution in [0.5, 0.6) is 0 Å². The molecule has 4 rings (SSSR count). The minimum Gasteiger partial charge on any atom is -0.340 e. The number of hydrogen-bond donors (Lipinski definition) is 0. The number of nitrogens with zero attached hydrogens (tertiary/aromatic N) is 3. The third-order valence-electron chi connectivity index (χ3n) is 6.25. The normalized spacial score (nSPS) is 20.0. The van der Waals surface area contributed by atoms with Crippen LogP contribution in [0.4, 0.5) is 0 Å². The zero-order valence-electron chi connectivity index (χ0n) is 18.3. The minimum absolute atomic E-state index is 0.0230. The van der Waals surface area contributed by atoms with Gasteiger partial charge in [0.1, 0.15) is 0 Å². The monoisotopic (exact) mass is 475 g/mol. The van der Waals surface area contributed by atoms with E-state index in [9.17, 15) is 18.0 Å². The second-order valence-corrected chi connectivity index (χ2v) is 11.3. The molecule has 0 N–H and O–H groups in total. The van der Waals surface area contributed by atoms with Crippen LogP contribution in [0.1, 0.15) is 42.2 Å². The smallest absolute Gasteiger partial charge is 0.243 e. The number of likely N-dealkylation sites (tertiary alicyclic amines) is 1. The maximum atomic E-state index is 12.8. The van der Waals surface area contributed by atoms with Gasteiger partial charge in [-0.15, -0.1) is 11.3 Å². The van der Waals surface area contributed by atoms with Gasteiger partial charge in [0.05, 0.1) is 10.9 Å². The molecule has 9 heteroatoms. The summed E-state index contributed by atoms with van der Waals surface area (Å²) in [6.45, 7) is 3.88. The van der Waals surface area contributed by atoms with Gasteiger partial charge in [-0.3, -0.25) is 9.59 Å². The van der Waals surface area contributed by atoms with Crippen LogP contribution in [0.25, 0.3) is 0 Å². The summed E-state index contributed by atoms with van der Waals surface area (Å²) in [4.78, 5) is 30.5. The zero-order valence-corrected chi connectivity index (χ0v) is 19.9. The van der Waals surface area contributed by atoms with Gasteiger partial charge in [0.25, 0.3) is 0 Å². The molecule has 2 saturated heterocycles. The van der Waals surface area contributed by atoms with Crippen LogP contribution in [-0.2, 0) is 19.6 Å². The molecule has 2 aliphatic heterocycles. The number of benzene rings is 1. The lowest BCUT2D eigenvalue weighted by Gasteiger charge is -2.34. The third kappa shape index (κ3) is 4.89. The van der Waals surface area contributed by atoms with E-state index in [1.165, 1.54) is 9.18 Å². The number of thiophene rings is 1. The van der Waals surface area contributed by atoms with Gasteiger partial charge in [0, 0.05) is 50.4 Å². The minimum atomic E-state index is -3.56. The molecular formula is C23H29N3O4S2. The molecule has 3 heterocycles. The lowest BCUT2D eigenvalue weighted by molar-refractivity contribution is -0.138. The average Bonchev–Trinajstić information content (AvgIpc) is 3.49. The fourth-order valence-electron chi connectivity index (χ4n) is 4.39. The van der Waals surface area contributed by atoms with Crippen molar-refractivity contribution in [3.05, 3.63) is 52.2 Å². The molecule has 0 aliphatic carbocycles. The summed E-state index contributed by atoms with van der Waals surface area (Å²) in [7, 11) is -3.56. The van der Waals surface area contributed by atoms with Gasteiger partial charge in [0.15, 0.2) is 0 Å². The number of amides is 2. The molecule has 0 spiro atoms. The molecular weight excluding hydrogens is 446 g/mol. The summed E-state index contributed by atoms with van der Waals surface area (Å²) >= 11 is 1.67. The van der Waals surface area contributed by atoms with Crippen molar-refractivity contribution in [1.82, 2.24) is 14.1 Å². The molecule has 7 nitrogen and oxygen atoms in total. The van der Waals surface area contributed by atoms with E-state index >= 15 is 0 Å². The van der Waals surface area contributed by atoms with Crippen molar-refractivity contribution in [3.8, 4) is 0 Å². The highest BCUT2D eigenvalue weighted by atomic mass is 32.2. The molecule has 172 valence electrons. The number of carbonyl (C=O) groups excluding carboxylic acids is 2. The first kappa shape index (κ1) is 22.9. The van der Waals surface area contributed by atoms with Gasteiger partial charge in [-0.1, -0.05) is 23.8 Å². The maximum Gasteiger partial charge on any atom is 0.243 e. The Morgan fingerprint density at radius 2 is 1.66 bits per heavy atom. The van der Waals surface area contributed by atoms with Crippen molar-refractivity contribution in [2.45, 2.75) is 43.5 Å². The Hall–Kier alpha value is -2.23. The molecule has 1 aromatic heterocycles. The van der Waals surface area contributed by atoms with Crippen molar-refractivity contribution in [2.75, 3.05) is 32.7 Å². The number of carbonyl (C=O) groups is 2. The first-order valence-corrected chi connectivity index (χ1v) is 13.4. The predicted octanol–water partition coefficient (Wildman–Crippen LogP) is 3.03. The highest BCUT2D eigenvalue weighted by molar-refractivity contribution is 7.89. The summed E-state index contributed by atoms with van der Waals surface area (Å²) in [5.41, 5.74) is 1.00. The van der Waals surface area contributed by atoms with Crippen LogP contribution in [0.3, 0.4) is 0 Å². The first-order chi connectivity index (χ1) is 15.4. The zero-order chi connectivity index (χ0) is 22.7. The van der Waals surface area contributed by atoms with Crippen molar-refractivity contribution in [3.63, 3.8) is 0 Å². The van der Waals surface area contributed by atoms with E-state index in [-0.39, 0.29) is 48.7 Å². The number of sulfonamides is 1. The second kappa shape index (κ2) is 9.72. The summed E-state index contributed by atoms with van der Waals surface area (Å²) in [5, 5.41) is 2.03. The van der Waals surface area contributed by atoms with Crippen LogP contribution >= 0.6 is 11.3 Å². The highest BCUT2D eigenvalue weighted by Gasteiger charge is 2.32. The molecule has 2 aromatic rings. The Morgan fingerprint density at radius 1 is 0.969 bits per heavy atom. The summed E-state index contributed by atoms with van der Waals surface area (Å²) in [5.74, 6) is -0.0626. The van der Waals surface area contributed by atoms with E-state index in [0.29, 0.717) is 13.1 Å². The Morgan fingerprint density at radius 3 is 2.31 bits per heavy atom. The molecule has 2 fully saturated rings. The van der Waals surface area contributed by atoms with Gasteiger partial charge < -0.3 is 9.80 Å². The summed E-state index contributed by atoms with van der Waals surface area (Å²) < 4.78 is 27.1. The van der Waals surface area contributed by atoms with E-state index < -0.39 is 10.0 Å². The van der Waals surface area contributed by atoms with E-state index in [0.717, 1.165) is 24.9 Å². The summed E-state index contributed by atoms with van der Waals surface area (Å²) in [6, 6.07) is 11.0. The van der Waals surface area contributed by atoms with Crippen LogP contribution in [0.2, 0.25) is 0 Å². The molecule has 32 heavy (non-hydrogen) atoms. The van der Waals surface area contributed by atoms with Crippen molar-refractivity contribution in [1.29, 1.82) is 0 Å². The van der Waals surface area contributed by atoms with E-state index in [1.807, 2.05) is 23.3 Å². The van der Waals surface area contributed by atoms with E-state index in [4.69, 9.17) is 0 Å². The standard InChI is InChI=1S/C23H29N3O4S2/c1-18-6-8-19(9-7-18)32(29,30)25-15-13-24(14-16-25)22(27)10-11-23(28)26-12-2-4-20(26)21-5-3-17-31-21/h3,5-9,17,20H,2,4,10-16H2,1H3/t20-/m0/s1. The SMILES string of the molecule is Cc1ccc(S(=O)(=O)N2CCN(C(=O)CCC(=O)N3CCC[C@H]3c3cccs3)CC2)cc1. The van der Waals surface area contributed by atoms with Crippen LogP contribution in [0, 0.1) is 6.92 Å². The second-order valence-electron chi connectivity index (χ2n) is 8.36. The van der Waals surface area contributed by atoms with Crippen LogP contribution in [0.15, 0.2) is 46.7 Å². The van der Waals surface area contributed by atoms with Gasteiger partial charge in [-0.25, -0.2) is 8.42 Å². The summed E-state index contributed by atoms with van der Waals surface area (Å²) in [6.07, 6.45) is 2.32. The fourth-order valence-corrected chi connectivity index (χ4v) is 6.69. The Bertz CT molecular complexity index is 1040. The molecule has 1 aromatic carbocycles. The van der Waals surface area contributed by atoms with Gasteiger partial charge in [-0.05, 0) is 43.3 Å². The Balaban J connectivity index is 1.27. The molecule has 2 amide bonds. The topological polar surface area (TPSA) is 78.0 Å². The Kier molecular flexibility index (Phi) is 6.97. The molecule has 0 bridgehead atoms. The fraction of sp³-hybridized carbons (Fsp3) is 0.478. The van der Waals surface area contributed by atoms with Gasteiger partial charge in [-0.2, -0.15) is 4.31 Å². The molecule has 0 radical (unpaired) electrons. The largest absolute Gasteiger partial charge is 0.340 e. The number of hydrogen-bond acceptors (Lipinski definition) is 5. The lowest BCUT2D eigenvalue weighted by atomic mass is 10.1. The highest BCUT2D eigenvalue weighted by Crippen LogP contribution is 2.35. The first-order valence-electron chi connectivity index (χ1n) is 11.0. The molecule has 2 aliphatic rings. The average molecular weight is 476 g/mol. The van der Waals surface area contributed by atoms with Crippen molar-refractivity contribution in [2.24, 2.45) is 0 Å². The van der Waals surface area contributed by atoms with E-state index in [1.54, 1.807) is 40.5 Å². The molecule has 1 atom stereocenters. The Labute approximate surface area is 193 Å². The molecule has 0 saturated carbocycles. The van der Waals surface area contributed by atoms with Crippen molar-refractivity contribution < 1.29 is 18.0 Å². The lowest BCUT2D eigenvalue weighted by Crippen LogP contribution is -2.50. The van der Waals surface area contributed by atoms with Crippen LogP contribution in [-0.4, -0.2) is 67.1 Å². The number of aryl methyl sites for hydroxylation is 1. The number of piperazine rings is 1. The third-order valence-corrected chi connectivity index (χ3v) is 9.13.